The summed E-state index contributed by atoms with van der Waals surface area (Å²) >= 11 is 1.31. The number of thiophene rings is 1. The van der Waals surface area contributed by atoms with E-state index < -0.39 is 12.1 Å². The summed E-state index contributed by atoms with van der Waals surface area (Å²) in [4.78, 5) is 28.8. The second kappa shape index (κ2) is 7.73. The lowest BCUT2D eigenvalue weighted by molar-refractivity contribution is 0.0527. The van der Waals surface area contributed by atoms with Crippen molar-refractivity contribution in [1.29, 1.82) is 0 Å². The van der Waals surface area contributed by atoms with Gasteiger partial charge in [-0.1, -0.05) is 0 Å². The number of pyridine rings is 1. The third-order valence-electron chi connectivity index (χ3n) is 3.06. The summed E-state index contributed by atoms with van der Waals surface area (Å²) in [6, 6.07) is 3.70. The highest BCUT2D eigenvalue weighted by Gasteiger charge is 2.24. The summed E-state index contributed by atoms with van der Waals surface area (Å²) in [5, 5.41) is 3.05. The Balaban J connectivity index is 2.46. The zero-order valence-corrected chi connectivity index (χ0v) is 14.0. The molecule has 6 nitrogen and oxygen atoms in total. The summed E-state index contributed by atoms with van der Waals surface area (Å²) < 4.78 is 9.99. The molecule has 122 valence electrons. The van der Waals surface area contributed by atoms with Gasteiger partial charge in [0.05, 0.1) is 18.8 Å². The van der Waals surface area contributed by atoms with Crippen LogP contribution in [0.15, 0.2) is 24.5 Å². The van der Waals surface area contributed by atoms with Gasteiger partial charge in [-0.15, -0.1) is 11.3 Å². The fourth-order valence-corrected chi connectivity index (χ4v) is 3.28. The molecule has 0 bridgehead atoms. The van der Waals surface area contributed by atoms with Gasteiger partial charge in [0.25, 0.3) is 0 Å². The zero-order chi connectivity index (χ0) is 16.8. The number of amides is 1. The maximum Gasteiger partial charge on any atom is 0.412 e. The Kier molecular flexibility index (Phi) is 5.70. The van der Waals surface area contributed by atoms with E-state index in [2.05, 4.69) is 10.3 Å². The van der Waals surface area contributed by atoms with Crippen molar-refractivity contribution >= 4 is 28.4 Å². The highest BCUT2D eigenvalue weighted by Crippen LogP contribution is 2.40. The van der Waals surface area contributed by atoms with E-state index >= 15 is 0 Å². The fraction of sp³-hybridized carbons (Fsp3) is 0.312. The van der Waals surface area contributed by atoms with Gasteiger partial charge < -0.3 is 9.47 Å². The van der Waals surface area contributed by atoms with Crippen LogP contribution < -0.4 is 5.32 Å². The van der Waals surface area contributed by atoms with Crippen LogP contribution in [0.2, 0.25) is 0 Å². The standard InChI is InChI=1S/C16H18N2O4S/c1-4-21-15(19)12-10(3)13(11-6-8-17-9-7-11)23-14(12)18-16(20)22-5-2/h6-9H,4-5H2,1-3H3,(H,18,20). The predicted octanol–water partition coefficient (Wildman–Crippen LogP) is 3.86. The average Bonchev–Trinajstić information content (AvgIpc) is 2.85. The van der Waals surface area contributed by atoms with E-state index in [1.807, 2.05) is 19.1 Å². The largest absolute Gasteiger partial charge is 0.462 e. The molecule has 0 saturated heterocycles. The van der Waals surface area contributed by atoms with Crippen LogP contribution in [0.5, 0.6) is 0 Å². The van der Waals surface area contributed by atoms with Gasteiger partial charge in [0, 0.05) is 17.3 Å². The highest BCUT2D eigenvalue weighted by molar-refractivity contribution is 7.20. The molecular formula is C16H18N2O4S. The first kappa shape index (κ1) is 17.0. The van der Waals surface area contributed by atoms with Crippen LogP contribution in [0, 0.1) is 6.92 Å². The van der Waals surface area contributed by atoms with Gasteiger partial charge in [-0.3, -0.25) is 10.3 Å². The van der Waals surface area contributed by atoms with E-state index in [1.165, 1.54) is 11.3 Å². The normalized spacial score (nSPS) is 10.2. The number of nitrogens with zero attached hydrogens (tertiary/aromatic N) is 1. The highest BCUT2D eigenvalue weighted by atomic mass is 32.1. The Morgan fingerprint density at radius 3 is 2.43 bits per heavy atom. The fourth-order valence-electron chi connectivity index (χ4n) is 2.09. The van der Waals surface area contributed by atoms with Crippen molar-refractivity contribution in [1.82, 2.24) is 4.98 Å². The summed E-state index contributed by atoms with van der Waals surface area (Å²) in [7, 11) is 0. The van der Waals surface area contributed by atoms with E-state index in [4.69, 9.17) is 9.47 Å². The molecule has 0 unspecified atom stereocenters. The minimum Gasteiger partial charge on any atom is -0.462 e. The van der Waals surface area contributed by atoms with Crippen LogP contribution in [0.3, 0.4) is 0 Å². The number of hydrogen-bond donors (Lipinski definition) is 1. The first-order valence-corrected chi connectivity index (χ1v) is 8.04. The molecule has 0 atom stereocenters. The van der Waals surface area contributed by atoms with E-state index in [1.54, 1.807) is 26.2 Å². The van der Waals surface area contributed by atoms with Crippen molar-refractivity contribution in [3.63, 3.8) is 0 Å². The molecule has 7 heteroatoms. The number of carbonyl (C=O) groups is 2. The van der Waals surface area contributed by atoms with Crippen molar-refractivity contribution in [2.45, 2.75) is 20.8 Å². The molecule has 0 radical (unpaired) electrons. The quantitative estimate of drug-likeness (QED) is 0.840. The SMILES string of the molecule is CCOC(=O)Nc1sc(-c2ccncc2)c(C)c1C(=O)OCC. The molecule has 23 heavy (non-hydrogen) atoms. The lowest BCUT2D eigenvalue weighted by Gasteiger charge is -2.06. The maximum atomic E-state index is 12.3. The van der Waals surface area contributed by atoms with Crippen molar-refractivity contribution < 1.29 is 19.1 Å². The molecule has 0 fully saturated rings. The number of nitrogens with one attached hydrogen (secondary N) is 1. The summed E-state index contributed by atoms with van der Waals surface area (Å²) in [5.41, 5.74) is 2.04. The lowest BCUT2D eigenvalue weighted by Crippen LogP contribution is -2.15. The first-order chi connectivity index (χ1) is 11.1. The molecule has 0 aromatic carbocycles. The molecule has 2 aromatic rings. The van der Waals surface area contributed by atoms with Gasteiger partial charge >= 0.3 is 12.1 Å². The second-order valence-corrected chi connectivity index (χ2v) is 5.58. The Bertz CT molecular complexity index is 698. The number of hydrogen-bond acceptors (Lipinski definition) is 6. The van der Waals surface area contributed by atoms with Crippen molar-refractivity contribution in [3.8, 4) is 10.4 Å². The lowest BCUT2D eigenvalue weighted by atomic mass is 10.1. The number of rotatable bonds is 5. The summed E-state index contributed by atoms with van der Waals surface area (Å²) in [5.74, 6) is -0.464. The molecule has 2 aromatic heterocycles. The van der Waals surface area contributed by atoms with Gasteiger partial charge in [-0.2, -0.15) is 0 Å². The van der Waals surface area contributed by atoms with Gasteiger partial charge in [0.15, 0.2) is 0 Å². The molecule has 0 spiro atoms. The average molecular weight is 334 g/mol. The van der Waals surface area contributed by atoms with Crippen LogP contribution in [-0.4, -0.2) is 30.3 Å². The molecule has 0 aliphatic carbocycles. The van der Waals surface area contributed by atoms with Crippen molar-refractivity contribution in [2.24, 2.45) is 0 Å². The summed E-state index contributed by atoms with van der Waals surface area (Å²) in [6.07, 6.45) is 2.76. The van der Waals surface area contributed by atoms with Gasteiger partial charge in [0.2, 0.25) is 0 Å². The number of ether oxygens (including phenoxy) is 2. The Morgan fingerprint density at radius 1 is 1.17 bits per heavy atom. The number of anilines is 1. The van der Waals surface area contributed by atoms with Crippen LogP contribution >= 0.6 is 11.3 Å². The molecule has 0 aliphatic heterocycles. The molecule has 0 aliphatic rings. The molecular weight excluding hydrogens is 316 g/mol. The smallest absolute Gasteiger partial charge is 0.412 e. The van der Waals surface area contributed by atoms with E-state index in [-0.39, 0.29) is 13.2 Å². The third-order valence-corrected chi connectivity index (χ3v) is 4.32. The molecule has 2 heterocycles. The minimum absolute atomic E-state index is 0.252. The Hall–Kier alpha value is -2.41. The molecule has 0 saturated carbocycles. The van der Waals surface area contributed by atoms with E-state index in [9.17, 15) is 9.59 Å². The Labute approximate surface area is 138 Å². The van der Waals surface area contributed by atoms with Crippen molar-refractivity contribution in [2.75, 3.05) is 18.5 Å². The first-order valence-electron chi connectivity index (χ1n) is 7.23. The molecule has 2 rings (SSSR count). The number of esters is 1. The molecule has 1 amide bonds. The maximum absolute atomic E-state index is 12.3. The number of aromatic nitrogens is 1. The minimum atomic E-state index is -0.597. The van der Waals surface area contributed by atoms with Crippen LogP contribution in [0.1, 0.15) is 29.8 Å². The van der Waals surface area contributed by atoms with E-state index in [0.717, 1.165) is 16.0 Å². The van der Waals surface area contributed by atoms with Crippen LogP contribution in [0.25, 0.3) is 10.4 Å². The van der Waals surface area contributed by atoms with Crippen molar-refractivity contribution in [3.05, 3.63) is 35.7 Å². The number of carbonyl (C=O) groups excluding carboxylic acids is 2. The predicted molar refractivity (Wildman–Crippen MR) is 88.9 cm³/mol. The van der Waals surface area contributed by atoms with Crippen LogP contribution in [0.4, 0.5) is 9.80 Å². The second-order valence-electron chi connectivity index (χ2n) is 4.56. The Morgan fingerprint density at radius 2 is 1.83 bits per heavy atom. The topological polar surface area (TPSA) is 77.5 Å². The third kappa shape index (κ3) is 3.87. The zero-order valence-electron chi connectivity index (χ0n) is 13.2. The van der Waals surface area contributed by atoms with Crippen LogP contribution in [-0.2, 0) is 9.47 Å². The van der Waals surface area contributed by atoms with E-state index in [0.29, 0.717) is 10.6 Å². The molecule has 1 N–H and O–H groups in total. The van der Waals surface area contributed by atoms with Gasteiger partial charge in [-0.05, 0) is 44.0 Å². The monoisotopic (exact) mass is 334 g/mol. The summed E-state index contributed by atoms with van der Waals surface area (Å²) in [6.45, 7) is 5.80. The van der Waals surface area contributed by atoms with Gasteiger partial charge in [-0.25, -0.2) is 9.59 Å². The van der Waals surface area contributed by atoms with Gasteiger partial charge in [0.1, 0.15) is 5.00 Å².